The number of amides is 1. The van der Waals surface area contributed by atoms with Crippen molar-refractivity contribution in [3.63, 3.8) is 0 Å². The fourth-order valence-corrected chi connectivity index (χ4v) is 3.14. The molecule has 1 atom stereocenters. The molecule has 0 bridgehead atoms. The van der Waals surface area contributed by atoms with Gasteiger partial charge in [-0.1, -0.05) is 26.0 Å². The summed E-state index contributed by atoms with van der Waals surface area (Å²) in [6, 6.07) is 7.39. The number of aromatic nitrogens is 5. The van der Waals surface area contributed by atoms with Crippen LogP contribution in [0.1, 0.15) is 48.6 Å². The Hall–Kier alpha value is -3.29. The molecule has 0 radical (unpaired) electrons. The topological polar surface area (TPSA) is 86.0 Å². The lowest BCUT2D eigenvalue weighted by Gasteiger charge is -2.34. The van der Waals surface area contributed by atoms with E-state index in [0.29, 0.717) is 24.0 Å². The molecule has 0 unspecified atom stereocenters. The summed E-state index contributed by atoms with van der Waals surface area (Å²) in [5.41, 5.74) is 2.05. The first-order chi connectivity index (χ1) is 13.4. The quantitative estimate of drug-likeness (QED) is 0.697. The van der Waals surface area contributed by atoms with E-state index in [1.807, 2.05) is 45.9 Å². The lowest BCUT2D eigenvalue weighted by Crippen LogP contribution is -2.43. The summed E-state index contributed by atoms with van der Waals surface area (Å²) in [6.07, 6.45) is 3.02. The van der Waals surface area contributed by atoms with E-state index in [0.717, 1.165) is 17.0 Å². The number of para-hydroxylation sites is 1. The minimum absolute atomic E-state index is 0.109. The summed E-state index contributed by atoms with van der Waals surface area (Å²) in [4.78, 5) is 27.9. The van der Waals surface area contributed by atoms with Crippen molar-refractivity contribution in [2.75, 3.05) is 11.4 Å². The van der Waals surface area contributed by atoms with Crippen molar-refractivity contribution in [1.29, 1.82) is 0 Å². The number of benzene rings is 1. The summed E-state index contributed by atoms with van der Waals surface area (Å²) in [6.45, 7) is 8.40. The molecule has 1 amide bonds. The standard InChI is InChI=1S/C20H22N6O2/c1-12(2)18-22-11-26(24-18)20-21-9-8-15(23-20)19(27)25-10-14(4)28-17-13(3)6-5-7-16(17)25/h5-9,11-12,14H,10H2,1-4H3/t14-/m0/s1. The second-order valence-electron chi connectivity index (χ2n) is 7.21. The molecule has 8 heteroatoms. The van der Waals surface area contributed by atoms with E-state index >= 15 is 0 Å². The Balaban J connectivity index is 1.69. The smallest absolute Gasteiger partial charge is 0.277 e. The molecule has 4 rings (SSSR count). The van der Waals surface area contributed by atoms with Crippen LogP contribution in [0.4, 0.5) is 5.69 Å². The van der Waals surface area contributed by atoms with Crippen LogP contribution >= 0.6 is 0 Å². The van der Waals surface area contributed by atoms with Gasteiger partial charge < -0.3 is 4.74 Å². The minimum Gasteiger partial charge on any atom is -0.486 e. The zero-order valence-corrected chi connectivity index (χ0v) is 16.3. The summed E-state index contributed by atoms with van der Waals surface area (Å²) in [5.74, 6) is 1.75. The minimum atomic E-state index is -0.199. The SMILES string of the molecule is Cc1cccc2c1O[C@@H](C)CN2C(=O)c1ccnc(-n2cnc(C(C)C)n2)n1. The predicted molar refractivity (Wildman–Crippen MR) is 104 cm³/mol. The van der Waals surface area contributed by atoms with E-state index in [1.165, 1.54) is 4.68 Å². The zero-order valence-electron chi connectivity index (χ0n) is 16.3. The number of fused-ring (bicyclic) bond motifs is 1. The van der Waals surface area contributed by atoms with Crippen LogP contribution in [0, 0.1) is 6.92 Å². The van der Waals surface area contributed by atoms with E-state index in [1.54, 1.807) is 23.5 Å². The number of aryl methyl sites for hydroxylation is 1. The number of hydrogen-bond acceptors (Lipinski definition) is 6. The first-order valence-corrected chi connectivity index (χ1v) is 9.27. The third kappa shape index (κ3) is 3.21. The van der Waals surface area contributed by atoms with Crippen LogP contribution in [-0.2, 0) is 0 Å². The Morgan fingerprint density at radius 3 is 2.82 bits per heavy atom. The third-order valence-corrected chi connectivity index (χ3v) is 4.58. The molecule has 1 aliphatic rings. The van der Waals surface area contributed by atoms with E-state index in [2.05, 4.69) is 20.1 Å². The normalized spacial score (nSPS) is 16.0. The molecule has 0 fully saturated rings. The average Bonchev–Trinajstić information content (AvgIpc) is 3.18. The highest BCUT2D eigenvalue weighted by atomic mass is 16.5. The van der Waals surface area contributed by atoms with Gasteiger partial charge in [0, 0.05) is 12.1 Å². The lowest BCUT2D eigenvalue weighted by atomic mass is 10.1. The monoisotopic (exact) mass is 378 g/mol. The Morgan fingerprint density at radius 2 is 2.07 bits per heavy atom. The van der Waals surface area contributed by atoms with Gasteiger partial charge in [0.1, 0.15) is 23.9 Å². The molecule has 2 aromatic heterocycles. The van der Waals surface area contributed by atoms with Crippen LogP contribution in [0.3, 0.4) is 0 Å². The Morgan fingerprint density at radius 1 is 1.25 bits per heavy atom. The average molecular weight is 378 g/mol. The van der Waals surface area contributed by atoms with Crippen LogP contribution in [0.5, 0.6) is 5.75 Å². The molecule has 0 aliphatic carbocycles. The maximum Gasteiger partial charge on any atom is 0.277 e. The van der Waals surface area contributed by atoms with Crippen LogP contribution in [-0.4, -0.2) is 43.3 Å². The van der Waals surface area contributed by atoms with Gasteiger partial charge >= 0.3 is 0 Å². The molecule has 0 N–H and O–H groups in total. The number of ether oxygens (including phenoxy) is 1. The predicted octanol–water partition coefficient (Wildman–Crippen LogP) is 2.92. The highest BCUT2D eigenvalue weighted by Crippen LogP contribution is 2.36. The molecule has 0 saturated heterocycles. The maximum atomic E-state index is 13.3. The van der Waals surface area contributed by atoms with Crippen molar-refractivity contribution < 1.29 is 9.53 Å². The van der Waals surface area contributed by atoms with Crippen LogP contribution < -0.4 is 9.64 Å². The maximum absolute atomic E-state index is 13.3. The first-order valence-electron chi connectivity index (χ1n) is 9.27. The highest BCUT2D eigenvalue weighted by Gasteiger charge is 2.30. The zero-order chi connectivity index (χ0) is 19.8. The van der Waals surface area contributed by atoms with Gasteiger partial charge in [-0.15, -0.1) is 5.10 Å². The second-order valence-corrected chi connectivity index (χ2v) is 7.21. The lowest BCUT2D eigenvalue weighted by molar-refractivity contribution is 0.0956. The van der Waals surface area contributed by atoms with Gasteiger partial charge in [0.2, 0.25) is 0 Å². The fourth-order valence-electron chi connectivity index (χ4n) is 3.14. The number of anilines is 1. The van der Waals surface area contributed by atoms with E-state index in [-0.39, 0.29) is 17.9 Å². The second kappa shape index (κ2) is 7.03. The van der Waals surface area contributed by atoms with Crippen molar-refractivity contribution in [3.05, 3.63) is 53.9 Å². The van der Waals surface area contributed by atoms with Crippen molar-refractivity contribution in [3.8, 4) is 11.7 Å². The van der Waals surface area contributed by atoms with Crippen molar-refractivity contribution in [2.24, 2.45) is 0 Å². The first kappa shape index (κ1) is 18.1. The summed E-state index contributed by atoms with van der Waals surface area (Å²) in [5, 5.41) is 4.39. The van der Waals surface area contributed by atoms with Gasteiger partial charge in [-0.25, -0.2) is 15.0 Å². The molecule has 1 aliphatic heterocycles. The molecule has 28 heavy (non-hydrogen) atoms. The fraction of sp³-hybridized carbons (Fsp3) is 0.350. The summed E-state index contributed by atoms with van der Waals surface area (Å²) < 4.78 is 7.44. The Kier molecular flexibility index (Phi) is 4.54. The third-order valence-electron chi connectivity index (χ3n) is 4.58. The molecule has 1 aromatic carbocycles. The van der Waals surface area contributed by atoms with Crippen LogP contribution in [0.25, 0.3) is 5.95 Å². The number of nitrogens with zero attached hydrogens (tertiary/aromatic N) is 6. The van der Waals surface area contributed by atoms with E-state index < -0.39 is 0 Å². The van der Waals surface area contributed by atoms with Gasteiger partial charge in [-0.05, 0) is 31.5 Å². The molecular formula is C20H22N6O2. The largest absolute Gasteiger partial charge is 0.486 e. The van der Waals surface area contributed by atoms with Crippen molar-refractivity contribution in [1.82, 2.24) is 24.7 Å². The van der Waals surface area contributed by atoms with Crippen molar-refractivity contribution in [2.45, 2.75) is 39.7 Å². The molecule has 0 spiro atoms. The summed E-state index contributed by atoms with van der Waals surface area (Å²) >= 11 is 0. The Bertz CT molecular complexity index is 1030. The number of rotatable bonds is 3. The molecule has 144 valence electrons. The van der Waals surface area contributed by atoms with E-state index in [9.17, 15) is 4.79 Å². The van der Waals surface area contributed by atoms with E-state index in [4.69, 9.17) is 4.74 Å². The number of hydrogen-bond donors (Lipinski definition) is 0. The van der Waals surface area contributed by atoms with Gasteiger partial charge in [0.15, 0.2) is 5.82 Å². The highest BCUT2D eigenvalue weighted by molar-refractivity contribution is 6.06. The van der Waals surface area contributed by atoms with Gasteiger partial charge in [-0.3, -0.25) is 9.69 Å². The van der Waals surface area contributed by atoms with Crippen LogP contribution in [0.2, 0.25) is 0 Å². The summed E-state index contributed by atoms with van der Waals surface area (Å²) in [7, 11) is 0. The molecule has 0 saturated carbocycles. The molecule has 8 nitrogen and oxygen atoms in total. The van der Waals surface area contributed by atoms with Gasteiger partial charge in [0.25, 0.3) is 11.9 Å². The molecule has 3 heterocycles. The number of carbonyl (C=O) groups excluding carboxylic acids is 1. The van der Waals surface area contributed by atoms with Crippen LogP contribution in [0.15, 0.2) is 36.8 Å². The van der Waals surface area contributed by atoms with Gasteiger partial charge in [0.05, 0.1) is 12.2 Å². The van der Waals surface area contributed by atoms with Gasteiger partial charge in [-0.2, -0.15) is 4.68 Å². The molecule has 3 aromatic rings. The Labute approximate surface area is 163 Å². The molecular weight excluding hydrogens is 356 g/mol. The number of carbonyl (C=O) groups is 1. The van der Waals surface area contributed by atoms with Crippen molar-refractivity contribution >= 4 is 11.6 Å².